The zero-order chi connectivity index (χ0) is 14.2. The van der Waals surface area contributed by atoms with Crippen molar-refractivity contribution in [1.29, 1.82) is 0 Å². The summed E-state index contributed by atoms with van der Waals surface area (Å²) in [5, 5.41) is 15.2. The molecule has 1 heterocycles. The Kier molecular flexibility index (Phi) is 3.22. The number of carbonyl (C=O) groups excluding carboxylic acids is 1. The molecular formula is C15H18N2O3. The van der Waals surface area contributed by atoms with E-state index >= 15 is 0 Å². The highest BCUT2D eigenvalue weighted by Gasteiger charge is 2.51. The van der Waals surface area contributed by atoms with Gasteiger partial charge in [-0.15, -0.1) is 0 Å². The minimum Gasteiger partial charge on any atom is -0.481 e. The van der Waals surface area contributed by atoms with Crippen LogP contribution in [0.1, 0.15) is 31.2 Å². The van der Waals surface area contributed by atoms with E-state index in [1.807, 2.05) is 0 Å². The van der Waals surface area contributed by atoms with Crippen LogP contribution in [0.3, 0.4) is 0 Å². The smallest absolute Gasteiger partial charge is 0.314 e. The lowest BCUT2D eigenvalue weighted by molar-refractivity contribution is -0.140. The van der Waals surface area contributed by atoms with Gasteiger partial charge in [0.25, 0.3) is 0 Å². The van der Waals surface area contributed by atoms with Crippen LogP contribution < -0.4 is 10.6 Å². The molecule has 0 aromatic heterocycles. The van der Waals surface area contributed by atoms with Crippen LogP contribution in [0.25, 0.3) is 0 Å². The SMILES string of the molecule is O=C(Nc1ccc(C2(C(=O)O)CC2)cc1)[C@@H]1CCCN1. The average molecular weight is 274 g/mol. The fourth-order valence-electron chi connectivity index (χ4n) is 2.76. The standard InChI is InChI=1S/C15H18N2O3/c18-13(12-2-1-9-16-12)17-11-5-3-10(4-6-11)15(7-8-15)14(19)20/h3-6,12,16H,1-2,7-9H2,(H,17,18)(H,19,20)/t12-/m0/s1. The first kappa shape index (κ1) is 13.1. The third-order valence-corrected chi connectivity index (χ3v) is 4.24. The number of hydrogen-bond acceptors (Lipinski definition) is 3. The summed E-state index contributed by atoms with van der Waals surface area (Å²) in [6, 6.07) is 7.07. The number of rotatable bonds is 4. The van der Waals surface area contributed by atoms with Gasteiger partial charge in [0.05, 0.1) is 11.5 Å². The summed E-state index contributed by atoms with van der Waals surface area (Å²) in [5.74, 6) is -0.779. The number of nitrogens with one attached hydrogen (secondary N) is 2. The van der Waals surface area contributed by atoms with Gasteiger partial charge in [-0.05, 0) is 49.9 Å². The van der Waals surface area contributed by atoms with Crippen molar-refractivity contribution >= 4 is 17.6 Å². The predicted molar refractivity (Wildman–Crippen MR) is 74.6 cm³/mol. The van der Waals surface area contributed by atoms with E-state index in [0.717, 1.165) is 24.9 Å². The maximum Gasteiger partial charge on any atom is 0.314 e. The second-order valence-corrected chi connectivity index (χ2v) is 5.60. The molecule has 2 fully saturated rings. The molecule has 106 valence electrons. The van der Waals surface area contributed by atoms with Crippen LogP contribution in [0.4, 0.5) is 5.69 Å². The molecule has 2 aliphatic rings. The largest absolute Gasteiger partial charge is 0.481 e. The van der Waals surface area contributed by atoms with Crippen molar-refractivity contribution in [2.75, 3.05) is 11.9 Å². The first-order valence-corrected chi connectivity index (χ1v) is 7.00. The molecule has 0 radical (unpaired) electrons. The predicted octanol–water partition coefficient (Wildman–Crippen LogP) is 1.49. The van der Waals surface area contributed by atoms with Gasteiger partial charge in [-0.2, -0.15) is 0 Å². The van der Waals surface area contributed by atoms with Gasteiger partial charge in [0.15, 0.2) is 0 Å². The van der Waals surface area contributed by atoms with Crippen LogP contribution in [0.5, 0.6) is 0 Å². The molecule has 1 atom stereocenters. The number of amides is 1. The molecule has 5 heteroatoms. The first-order valence-electron chi connectivity index (χ1n) is 7.00. The zero-order valence-electron chi connectivity index (χ0n) is 11.2. The number of carboxylic acids is 1. The maximum atomic E-state index is 11.9. The highest BCUT2D eigenvalue weighted by atomic mass is 16.4. The van der Waals surface area contributed by atoms with Crippen LogP contribution in [0.2, 0.25) is 0 Å². The lowest BCUT2D eigenvalue weighted by atomic mass is 9.96. The lowest BCUT2D eigenvalue weighted by Gasteiger charge is -2.13. The highest BCUT2D eigenvalue weighted by molar-refractivity contribution is 5.95. The van der Waals surface area contributed by atoms with Crippen molar-refractivity contribution in [2.24, 2.45) is 0 Å². The summed E-state index contributed by atoms with van der Waals surface area (Å²) < 4.78 is 0. The maximum absolute atomic E-state index is 11.9. The van der Waals surface area contributed by atoms with Crippen LogP contribution in [0.15, 0.2) is 24.3 Å². The van der Waals surface area contributed by atoms with E-state index in [0.29, 0.717) is 18.5 Å². The highest BCUT2D eigenvalue weighted by Crippen LogP contribution is 2.48. The molecule has 20 heavy (non-hydrogen) atoms. The third kappa shape index (κ3) is 2.29. The van der Waals surface area contributed by atoms with Gasteiger partial charge in [0.2, 0.25) is 5.91 Å². The molecule has 3 rings (SSSR count). The third-order valence-electron chi connectivity index (χ3n) is 4.24. The summed E-state index contributed by atoms with van der Waals surface area (Å²) in [4.78, 5) is 23.2. The van der Waals surface area contributed by atoms with E-state index < -0.39 is 11.4 Å². The minimum absolute atomic E-state index is 0.0189. The molecule has 1 saturated carbocycles. The van der Waals surface area contributed by atoms with Crippen LogP contribution >= 0.6 is 0 Å². The minimum atomic E-state index is -0.760. The summed E-state index contributed by atoms with van der Waals surface area (Å²) >= 11 is 0. The molecule has 1 saturated heterocycles. The van der Waals surface area contributed by atoms with Gasteiger partial charge in [0, 0.05) is 5.69 Å². The monoisotopic (exact) mass is 274 g/mol. The number of carboxylic acid groups (broad SMARTS) is 1. The Balaban J connectivity index is 1.67. The molecular weight excluding hydrogens is 256 g/mol. The molecule has 0 spiro atoms. The van der Waals surface area contributed by atoms with Gasteiger partial charge in [-0.25, -0.2) is 0 Å². The topological polar surface area (TPSA) is 78.4 Å². The number of hydrogen-bond donors (Lipinski definition) is 3. The van der Waals surface area contributed by atoms with E-state index in [9.17, 15) is 14.7 Å². The van der Waals surface area contributed by atoms with E-state index in [2.05, 4.69) is 10.6 Å². The Morgan fingerprint density at radius 3 is 2.45 bits per heavy atom. The van der Waals surface area contributed by atoms with E-state index in [-0.39, 0.29) is 11.9 Å². The average Bonchev–Trinajstić information content (AvgIpc) is 3.07. The molecule has 1 aromatic carbocycles. The number of carbonyl (C=O) groups is 2. The van der Waals surface area contributed by atoms with Gasteiger partial charge in [-0.1, -0.05) is 12.1 Å². The quantitative estimate of drug-likeness (QED) is 0.777. The van der Waals surface area contributed by atoms with Crippen molar-refractivity contribution < 1.29 is 14.7 Å². The van der Waals surface area contributed by atoms with Crippen molar-refractivity contribution in [2.45, 2.75) is 37.1 Å². The van der Waals surface area contributed by atoms with E-state index in [4.69, 9.17) is 0 Å². The molecule has 0 unspecified atom stereocenters. The molecule has 0 bridgehead atoms. The number of aliphatic carboxylic acids is 1. The van der Waals surface area contributed by atoms with Crippen LogP contribution in [-0.4, -0.2) is 29.6 Å². The molecule has 1 aliphatic heterocycles. The van der Waals surface area contributed by atoms with Gasteiger partial charge < -0.3 is 15.7 Å². The Bertz CT molecular complexity index is 529. The van der Waals surface area contributed by atoms with Crippen molar-refractivity contribution in [1.82, 2.24) is 5.32 Å². The van der Waals surface area contributed by atoms with Gasteiger partial charge >= 0.3 is 5.97 Å². The van der Waals surface area contributed by atoms with Gasteiger partial charge in [-0.3, -0.25) is 9.59 Å². The second-order valence-electron chi connectivity index (χ2n) is 5.60. The Morgan fingerprint density at radius 1 is 1.25 bits per heavy atom. The lowest BCUT2D eigenvalue weighted by Crippen LogP contribution is -2.35. The second kappa shape index (κ2) is 4.90. The molecule has 1 aromatic rings. The molecule has 5 nitrogen and oxygen atoms in total. The van der Waals surface area contributed by atoms with Crippen LogP contribution in [0, 0.1) is 0 Å². The molecule has 1 aliphatic carbocycles. The summed E-state index contributed by atoms with van der Waals surface area (Å²) in [5.41, 5.74) is 0.853. The summed E-state index contributed by atoms with van der Waals surface area (Å²) in [6.45, 7) is 0.887. The summed E-state index contributed by atoms with van der Waals surface area (Å²) in [7, 11) is 0. The fourth-order valence-corrected chi connectivity index (χ4v) is 2.76. The van der Waals surface area contributed by atoms with Crippen LogP contribution in [-0.2, 0) is 15.0 Å². The molecule has 1 amide bonds. The molecule has 3 N–H and O–H groups in total. The van der Waals surface area contributed by atoms with Crippen molar-refractivity contribution in [3.63, 3.8) is 0 Å². The summed E-state index contributed by atoms with van der Waals surface area (Å²) in [6.07, 6.45) is 3.28. The first-order chi connectivity index (χ1) is 9.62. The normalized spacial score (nSPS) is 23.3. The fraction of sp³-hybridized carbons (Fsp3) is 0.467. The Labute approximate surface area is 117 Å². The van der Waals surface area contributed by atoms with E-state index in [1.54, 1.807) is 24.3 Å². The Hall–Kier alpha value is -1.88. The number of anilines is 1. The van der Waals surface area contributed by atoms with Crippen molar-refractivity contribution in [3.05, 3.63) is 29.8 Å². The zero-order valence-corrected chi connectivity index (χ0v) is 11.2. The number of benzene rings is 1. The van der Waals surface area contributed by atoms with Crippen molar-refractivity contribution in [3.8, 4) is 0 Å². The Morgan fingerprint density at radius 2 is 1.95 bits per heavy atom. The van der Waals surface area contributed by atoms with Gasteiger partial charge in [0.1, 0.15) is 0 Å². The van der Waals surface area contributed by atoms with E-state index in [1.165, 1.54) is 0 Å².